The number of nitrogens with one attached hydrogen (secondary N) is 1. The maximum absolute atomic E-state index is 12.3. The van der Waals surface area contributed by atoms with Crippen molar-refractivity contribution in [3.63, 3.8) is 0 Å². The minimum Gasteiger partial charge on any atom is -0.483 e. The highest BCUT2D eigenvalue weighted by Gasteiger charge is 2.32. The number of hydrogen-bond donors (Lipinski definition) is 2. The average molecular weight is 380 g/mol. The number of likely N-dealkylation sites (tertiary alicyclic amines) is 1. The van der Waals surface area contributed by atoms with Crippen molar-refractivity contribution < 1.29 is 33.7 Å². The van der Waals surface area contributed by atoms with E-state index in [9.17, 15) is 9.59 Å². The number of amides is 1. The van der Waals surface area contributed by atoms with E-state index < -0.39 is 0 Å². The molecular weight excluding hydrogens is 356 g/mol. The number of ether oxygens (including phenoxy) is 3. The van der Waals surface area contributed by atoms with Crippen LogP contribution in [-0.4, -0.2) is 67.9 Å². The number of benzene rings is 1. The Bertz CT molecular complexity index is 680. The molecule has 0 spiro atoms. The molecule has 0 saturated carbocycles. The summed E-state index contributed by atoms with van der Waals surface area (Å²) in [6.07, 6.45) is 2.26. The van der Waals surface area contributed by atoms with Crippen LogP contribution in [0.1, 0.15) is 29.6 Å². The fourth-order valence-corrected chi connectivity index (χ4v) is 3.21. The molecule has 27 heavy (non-hydrogen) atoms. The van der Waals surface area contributed by atoms with Gasteiger partial charge >= 0.3 is 5.97 Å². The molecule has 2 heterocycles. The SMILES string of the molecule is COC(=O)C[C@H]1CC[C@@H](CNC(=O)c2ccc3c(c2)OCO3)N1C.O=CO. The number of fused-ring (bicyclic) bond motifs is 1. The number of methoxy groups -OCH3 is 1. The predicted octanol–water partition coefficient (Wildman–Crippen LogP) is 0.872. The summed E-state index contributed by atoms with van der Waals surface area (Å²) in [5, 5.41) is 9.85. The molecule has 0 radical (unpaired) electrons. The minimum absolute atomic E-state index is 0.141. The third-order valence-corrected chi connectivity index (χ3v) is 4.75. The molecule has 0 aliphatic carbocycles. The molecule has 2 aliphatic heterocycles. The fraction of sp³-hybridized carbons (Fsp3) is 0.500. The van der Waals surface area contributed by atoms with E-state index in [2.05, 4.69) is 10.2 Å². The van der Waals surface area contributed by atoms with Gasteiger partial charge in [0, 0.05) is 24.2 Å². The molecule has 0 unspecified atom stereocenters. The number of hydrogen-bond acceptors (Lipinski definition) is 7. The molecule has 1 fully saturated rings. The molecule has 1 amide bonds. The van der Waals surface area contributed by atoms with E-state index in [4.69, 9.17) is 24.1 Å². The Labute approximate surface area is 157 Å². The van der Waals surface area contributed by atoms with Crippen LogP contribution in [0.15, 0.2) is 18.2 Å². The largest absolute Gasteiger partial charge is 0.483 e. The Balaban J connectivity index is 0.000000817. The van der Waals surface area contributed by atoms with Crippen LogP contribution >= 0.6 is 0 Å². The molecule has 2 atom stereocenters. The molecule has 0 aromatic heterocycles. The number of likely N-dealkylation sites (N-methyl/N-ethyl adjacent to an activating group) is 1. The number of nitrogens with zero attached hydrogens (tertiary/aromatic N) is 1. The minimum atomic E-state index is -0.250. The molecule has 1 aromatic rings. The van der Waals surface area contributed by atoms with Crippen LogP contribution in [0.3, 0.4) is 0 Å². The number of carboxylic acid groups (broad SMARTS) is 1. The van der Waals surface area contributed by atoms with E-state index in [1.54, 1.807) is 18.2 Å². The van der Waals surface area contributed by atoms with Gasteiger partial charge in [0.05, 0.1) is 13.5 Å². The van der Waals surface area contributed by atoms with E-state index in [-0.39, 0.29) is 37.2 Å². The van der Waals surface area contributed by atoms with Crippen LogP contribution in [0, 0.1) is 0 Å². The summed E-state index contributed by atoms with van der Waals surface area (Å²) in [5.74, 6) is 0.918. The summed E-state index contributed by atoms with van der Waals surface area (Å²) in [6, 6.07) is 5.55. The van der Waals surface area contributed by atoms with Crippen LogP contribution < -0.4 is 14.8 Å². The van der Waals surface area contributed by atoms with Gasteiger partial charge in [0.15, 0.2) is 11.5 Å². The molecule has 9 nitrogen and oxygen atoms in total. The Morgan fingerprint density at radius 3 is 2.67 bits per heavy atom. The second-order valence-corrected chi connectivity index (χ2v) is 6.21. The van der Waals surface area contributed by atoms with Gasteiger partial charge < -0.3 is 24.6 Å². The van der Waals surface area contributed by atoms with Crippen molar-refractivity contribution in [2.24, 2.45) is 0 Å². The summed E-state index contributed by atoms with van der Waals surface area (Å²) in [4.78, 5) is 34.2. The summed E-state index contributed by atoms with van der Waals surface area (Å²) in [7, 11) is 3.39. The van der Waals surface area contributed by atoms with E-state index in [1.165, 1.54) is 7.11 Å². The zero-order valence-electron chi connectivity index (χ0n) is 15.3. The van der Waals surface area contributed by atoms with Crippen molar-refractivity contribution in [2.45, 2.75) is 31.3 Å². The summed E-state index contributed by atoms with van der Waals surface area (Å²) in [6.45, 7) is 0.482. The summed E-state index contributed by atoms with van der Waals surface area (Å²) < 4.78 is 15.3. The zero-order valence-corrected chi connectivity index (χ0v) is 15.3. The van der Waals surface area contributed by atoms with Gasteiger partial charge in [-0.15, -0.1) is 0 Å². The molecule has 1 saturated heterocycles. The van der Waals surface area contributed by atoms with Gasteiger partial charge in [-0.3, -0.25) is 19.3 Å². The normalized spacial score (nSPS) is 20.4. The lowest BCUT2D eigenvalue weighted by Crippen LogP contribution is -2.41. The molecule has 2 N–H and O–H groups in total. The Morgan fingerprint density at radius 2 is 1.96 bits per heavy atom. The fourth-order valence-electron chi connectivity index (χ4n) is 3.21. The molecule has 0 bridgehead atoms. The van der Waals surface area contributed by atoms with Crippen molar-refractivity contribution in [3.05, 3.63) is 23.8 Å². The van der Waals surface area contributed by atoms with Gasteiger partial charge in [0.2, 0.25) is 6.79 Å². The number of carbonyl (C=O) groups excluding carboxylic acids is 2. The third-order valence-electron chi connectivity index (χ3n) is 4.75. The highest BCUT2D eigenvalue weighted by atomic mass is 16.7. The van der Waals surface area contributed by atoms with Crippen molar-refractivity contribution in [1.82, 2.24) is 10.2 Å². The van der Waals surface area contributed by atoms with Gasteiger partial charge in [-0.05, 0) is 38.1 Å². The lowest BCUT2D eigenvalue weighted by atomic mass is 10.1. The highest BCUT2D eigenvalue weighted by molar-refractivity contribution is 5.94. The zero-order chi connectivity index (χ0) is 19.8. The van der Waals surface area contributed by atoms with Crippen molar-refractivity contribution in [2.75, 3.05) is 27.5 Å². The highest BCUT2D eigenvalue weighted by Crippen LogP contribution is 2.32. The maximum Gasteiger partial charge on any atom is 0.307 e. The molecular formula is C18H24N2O7. The Hall–Kier alpha value is -2.81. The van der Waals surface area contributed by atoms with Crippen molar-refractivity contribution in [1.29, 1.82) is 0 Å². The predicted molar refractivity (Wildman–Crippen MR) is 94.8 cm³/mol. The topological polar surface area (TPSA) is 114 Å². The number of esters is 1. The van der Waals surface area contributed by atoms with Gasteiger partial charge in [-0.25, -0.2) is 0 Å². The van der Waals surface area contributed by atoms with Gasteiger partial charge in [0.1, 0.15) is 0 Å². The van der Waals surface area contributed by atoms with E-state index in [1.807, 2.05) is 7.05 Å². The molecule has 148 valence electrons. The monoisotopic (exact) mass is 380 g/mol. The van der Waals surface area contributed by atoms with Crippen molar-refractivity contribution >= 4 is 18.3 Å². The van der Waals surface area contributed by atoms with Crippen LogP contribution in [0.5, 0.6) is 11.5 Å². The van der Waals surface area contributed by atoms with E-state index in [0.717, 1.165) is 12.8 Å². The lowest BCUT2D eigenvalue weighted by Gasteiger charge is -2.25. The van der Waals surface area contributed by atoms with E-state index >= 15 is 0 Å². The van der Waals surface area contributed by atoms with Crippen LogP contribution in [0.2, 0.25) is 0 Å². The third kappa shape index (κ3) is 5.33. The second kappa shape index (κ2) is 9.77. The molecule has 2 aliphatic rings. The molecule has 9 heteroatoms. The van der Waals surface area contributed by atoms with Gasteiger partial charge in [0.25, 0.3) is 12.4 Å². The van der Waals surface area contributed by atoms with Gasteiger partial charge in [-0.2, -0.15) is 0 Å². The van der Waals surface area contributed by atoms with Crippen LogP contribution in [0.25, 0.3) is 0 Å². The van der Waals surface area contributed by atoms with Crippen molar-refractivity contribution in [3.8, 4) is 11.5 Å². The standard InChI is InChI=1S/C17H22N2O5.CH2O2/c1-19-12(8-16(20)22-2)4-5-13(19)9-18-17(21)11-3-6-14-15(7-11)24-10-23-14;2-1-3/h3,6-7,12-13H,4-5,8-10H2,1-2H3,(H,18,21);1H,(H,2,3)/t12-,13+;/m1./s1. The second-order valence-electron chi connectivity index (χ2n) is 6.21. The van der Waals surface area contributed by atoms with Crippen LogP contribution in [-0.2, 0) is 14.3 Å². The average Bonchev–Trinajstić information content (AvgIpc) is 3.27. The Morgan fingerprint density at radius 1 is 1.30 bits per heavy atom. The van der Waals surface area contributed by atoms with E-state index in [0.29, 0.717) is 30.0 Å². The lowest BCUT2D eigenvalue weighted by molar-refractivity contribution is -0.141. The maximum atomic E-state index is 12.3. The first-order chi connectivity index (χ1) is 13.0. The molecule has 1 aromatic carbocycles. The smallest absolute Gasteiger partial charge is 0.307 e. The number of carbonyl (C=O) groups is 3. The Kier molecular flexibility index (Phi) is 7.42. The van der Waals surface area contributed by atoms with Gasteiger partial charge in [-0.1, -0.05) is 0 Å². The van der Waals surface area contributed by atoms with Crippen LogP contribution in [0.4, 0.5) is 0 Å². The number of rotatable bonds is 5. The first-order valence-electron chi connectivity index (χ1n) is 8.54. The quantitative estimate of drug-likeness (QED) is 0.571. The summed E-state index contributed by atoms with van der Waals surface area (Å²) >= 11 is 0. The first-order valence-corrected chi connectivity index (χ1v) is 8.54. The molecule has 3 rings (SSSR count). The summed E-state index contributed by atoms with van der Waals surface area (Å²) in [5.41, 5.74) is 0.547. The first kappa shape index (κ1) is 20.5.